The van der Waals surface area contributed by atoms with E-state index in [-0.39, 0.29) is 11.9 Å². The van der Waals surface area contributed by atoms with Gasteiger partial charge in [0.1, 0.15) is 6.04 Å². The van der Waals surface area contributed by atoms with Crippen molar-refractivity contribution in [1.29, 1.82) is 5.26 Å². The monoisotopic (exact) mass is 377 g/mol. The molecule has 2 aromatic rings. The summed E-state index contributed by atoms with van der Waals surface area (Å²) in [7, 11) is 1.32. The molecular formula is C22H23N3O3. The van der Waals surface area contributed by atoms with Crippen molar-refractivity contribution in [3.63, 3.8) is 0 Å². The minimum Gasteiger partial charge on any atom is -0.467 e. The molecule has 144 valence electrons. The molecule has 1 fully saturated rings. The Hall–Kier alpha value is -3.17. The van der Waals surface area contributed by atoms with E-state index >= 15 is 0 Å². The number of nitrogens with zero attached hydrogens (tertiary/aromatic N) is 1. The van der Waals surface area contributed by atoms with Gasteiger partial charge in [0.05, 0.1) is 24.8 Å². The number of benzene rings is 2. The van der Waals surface area contributed by atoms with Crippen molar-refractivity contribution in [3.8, 4) is 17.2 Å². The standard InChI is InChI=1S/C22H23N3O3/c1-28-22(27)20(25-21(26)19-6-3-11-24-19)13-15-7-9-17(10-8-15)18-5-2-4-16(12-18)14-23/h2,4-5,7-10,12,19-20,24H,3,6,11,13H2,1H3,(H,25,26)/t19?,20-/m0/s1. The second-order valence-electron chi connectivity index (χ2n) is 6.83. The molecule has 6 nitrogen and oxygen atoms in total. The van der Waals surface area contributed by atoms with Crippen molar-refractivity contribution >= 4 is 11.9 Å². The van der Waals surface area contributed by atoms with Crippen LogP contribution in [-0.2, 0) is 20.7 Å². The summed E-state index contributed by atoms with van der Waals surface area (Å²) in [5, 5.41) is 15.0. The third-order valence-electron chi connectivity index (χ3n) is 4.90. The number of amides is 1. The third-order valence-corrected chi connectivity index (χ3v) is 4.90. The fourth-order valence-corrected chi connectivity index (χ4v) is 3.35. The smallest absolute Gasteiger partial charge is 0.328 e. The van der Waals surface area contributed by atoms with E-state index in [0.29, 0.717) is 12.0 Å². The van der Waals surface area contributed by atoms with Crippen LogP contribution in [0, 0.1) is 11.3 Å². The minimum absolute atomic E-state index is 0.169. The Balaban J connectivity index is 1.71. The first-order valence-corrected chi connectivity index (χ1v) is 9.32. The van der Waals surface area contributed by atoms with Crippen molar-refractivity contribution < 1.29 is 14.3 Å². The molecule has 28 heavy (non-hydrogen) atoms. The van der Waals surface area contributed by atoms with Gasteiger partial charge in [-0.2, -0.15) is 5.26 Å². The van der Waals surface area contributed by atoms with Crippen LogP contribution in [0.15, 0.2) is 48.5 Å². The molecule has 1 aliphatic rings. The molecule has 6 heteroatoms. The number of nitriles is 1. The number of esters is 1. The number of carbonyl (C=O) groups excluding carboxylic acids is 2. The van der Waals surface area contributed by atoms with Gasteiger partial charge in [-0.3, -0.25) is 4.79 Å². The first kappa shape index (κ1) is 19.6. The van der Waals surface area contributed by atoms with Crippen LogP contribution in [0.3, 0.4) is 0 Å². The van der Waals surface area contributed by atoms with Crippen LogP contribution in [0.5, 0.6) is 0 Å². The lowest BCUT2D eigenvalue weighted by Crippen LogP contribution is -2.49. The number of ether oxygens (including phenoxy) is 1. The summed E-state index contributed by atoms with van der Waals surface area (Å²) in [6, 6.07) is 16.3. The van der Waals surface area contributed by atoms with Gasteiger partial charge in [0.25, 0.3) is 0 Å². The molecule has 1 amide bonds. The average Bonchev–Trinajstić information content (AvgIpc) is 3.28. The molecule has 0 aliphatic carbocycles. The Kier molecular flexibility index (Phi) is 6.41. The number of hydrogen-bond acceptors (Lipinski definition) is 5. The van der Waals surface area contributed by atoms with Crippen LogP contribution in [0.25, 0.3) is 11.1 Å². The number of hydrogen-bond donors (Lipinski definition) is 2. The van der Waals surface area contributed by atoms with Gasteiger partial charge in [-0.05, 0) is 48.2 Å². The molecule has 0 aromatic heterocycles. The highest BCUT2D eigenvalue weighted by Gasteiger charge is 2.28. The van der Waals surface area contributed by atoms with Crippen LogP contribution >= 0.6 is 0 Å². The summed E-state index contributed by atoms with van der Waals surface area (Å²) < 4.78 is 4.86. The van der Waals surface area contributed by atoms with E-state index < -0.39 is 12.0 Å². The fraction of sp³-hybridized carbons (Fsp3) is 0.318. The normalized spacial score (nSPS) is 16.8. The lowest BCUT2D eigenvalue weighted by molar-refractivity contribution is -0.145. The van der Waals surface area contributed by atoms with Crippen molar-refractivity contribution in [2.24, 2.45) is 0 Å². The second-order valence-corrected chi connectivity index (χ2v) is 6.83. The molecule has 0 spiro atoms. The van der Waals surface area contributed by atoms with Crippen molar-refractivity contribution in [3.05, 3.63) is 59.7 Å². The largest absolute Gasteiger partial charge is 0.467 e. The molecule has 1 aliphatic heterocycles. The zero-order valence-corrected chi connectivity index (χ0v) is 15.8. The second kappa shape index (κ2) is 9.16. The highest BCUT2D eigenvalue weighted by Crippen LogP contribution is 2.21. The molecule has 3 rings (SSSR count). The molecule has 2 N–H and O–H groups in total. The summed E-state index contributed by atoms with van der Waals surface area (Å²) in [5.74, 6) is -0.630. The van der Waals surface area contributed by atoms with Crippen molar-refractivity contribution in [1.82, 2.24) is 10.6 Å². The summed E-state index contributed by atoms with van der Waals surface area (Å²) in [5.41, 5.74) is 3.45. The van der Waals surface area contributed by atoms with E-state index in [1.807, 2.05) is 42.5 Å². The van der Waals surface area contributed by atoms with Gasteiger partial charge in [0, 0.05) is 6.42 Å². The first-order chi connectivity index (χ1) is 13.6. The van der Waals surface area contributed by atoms with Crippen LogP contribution < -0.4 is 10.6 Å². The molecule has 2 atom stereocenters. The molecule has 0 bridgehead atoms. The molecule has 0 saturated carbocycles. The van der Waals surface area contributed by atoms with Gasteiger partial charge in [-0.15, -0.1) is 0 Å². The topological polar surface area (TPSA) is 91.2 Å². The maximum atomic E-state index is 12.4. The number of methoxy groups -OCH3 is 1. The molecular weight excluding hydrogens is 354 g/mol. The molecule has 2 aromatic carbocycles. The molecule has 1 saturated heterocycles. The predicted octanol–water partition coefficient (Wildman–Crippen LogP) is 2.18. The summed E-state index contributed by atoms with van der Waals surface area (Å²) in [6.45, 7) is 0.815. The molecule has 0 radical (unpaired) electrons. The van der Waals surface area contributed by atoms with E-state index in [1.54, 1.807) is 6.07 Å². The molecule has 1 heterocycles. The van der Waals surface area contributed by atoms with Gasteiger partial charge in [0.2, 0.25) is 5.91 Å². The Labute approximate surface area is 164 Å². The van der Waals surface area contributed by atoms with Crippen molar-refractivity contribution in [2.45, 2.75) is 31.3 Å². The zero-order valence-electron chi connectivity index (χ0n) is 15.8. The van der Waals surface area contributed by atoms with Gasteiger partial charge in [-0.25, -0.2) is 4.79 Å². The highest BCUT2D eigenvalue weighted by molar-refractivity contribution is 5.87. The quantitative estimate of drug-likeness (QED) is 0.753. The fourth-order valence-electron chi connectivity index (χ4n) is 3.35. The van der Waals surface area contributed by atoms with Gasteiger partial charge >= 0.3 is 5.97 Å². The molecule has 1 unspecified atom stereocenters. The average molecular weight is 377 g/mol. The van der Waals surface area contributed by atoms with E-state index in [9.17, 15) is 9.59 Å². The summed E-state index contributed by atoms with van der Waals surface area (Å²) >= 11 is 0. The SMILES string of the molecule is COC(=O)[C@H](Cc1ccc(-c2cccc(C#N)c2)cc1)NC(=O)C1CCCN1. The zero-order chi connectivity index (χ0) is 19.9. The van der Waals surface area contributed by atoms with Crippen LogP contribution in [-0.4, -0.2) is 37.6 Å². The Bertz CT molecular complexity index is 881. The Morgan fingerprint density at radius 1 is 1.25 bits per heavy atom. The maximum Gasteiger partial charge on any atom is 0.328 e. The van der Waals surface area contributed by atoms with Gasteiger partial charge in [0.15, 0.2) is 0 Å². The first-order valence-electron chi connectivity index (χ1n) is 9.32. The lowest BCUT2D eigenvalue weighted by atomic mass is 9.99. The van der Waals surface area contributed by atoms with Crippen LogP contribution in [0.1, 0.15) is 24.0 Å². The summed E-state index contributed by atoms with van der Waals surface area (Å²) in [6.07, 6.45) is 2.08. The van der Waals surface area contributed by atoms with Gasteiger partial charge in [-0.1, -0.05) is 36.4 Å². The highest BCUT2D eigenvalue weighted by atomic mass is 16.5. The van der Waals surface area contributed by atoms with Gasteiger partial charge < -0.3 is 15.4 Å². The third kappa shape index (κ3) is 4.76. The van der Waals surface area contributed by atoms with E-state index in [4.69, 9.17) is 10.00 Å². The maximum absolute atomic E-state index is 12.4. The Morgan fingerprint density at radius 3 is 2.68 bits per heavy atom. The van der Waals surface area contributed by atoms with Crippen LogP contribution in [0.4, 0.5) is 0 Å². The van der Waals surface area contributed by atoms with Crippen LogP contribution in [0.2, 0.25) is 0 Å². The van der Waals surface area contributed by atoms with Crippen molar-refractivity contribution in [2.75, 3.05) is 13.7 Å². The van der Waals surface area contributed by atoms with E-state index in [2.05, 4.69) is 16.7 Å². The summed E-state index contributed by atoms with van der Waals surface area (Å²) in [4.78, 5) is 24.5. The van der Waals surface area contributed by atoms with E-state index in [1.165, 1.54) is 7.11 Å². The number of nitrogens with one attached hydrogen (secondary N) is 2. The Morgan fingerprint density at radius 2 is 2.04 bits per heavy atom. The number of carbonyl (C=O) groups is 2. The van der Waals surface area contributed by atoms with E-state index in [0.717, 1.165) is 36.1 Å². The lowest BCUT2D eigenvalue weighted by Gasteiger charge is -2.19. The minimum atomic E-state index is -0.729. The number of rotatable bonds is 6. The predicted molar refractivity (Wildman–Crippen MR) is 105 cm³/mol.